The van der Waals surface area contributed by atoms with Gasteiger partial charge in [0.25, 0.3) is 0 Å². The lowest BCUT2D eigenvalue weighted by Gasteiger charge is -2.21. The number of anilines is 1. The number of halogens is 1. The molecule has 0 atom stereocenters. The van der Waals surface area contributed by atoms with Gasteiger partial charge < -0.3 is 5.32 Å². The molecule has 0 aliphatic rings. The van der Waals surface area contributed by atoms with Crippen molar-refractivity contribution < 1.29 is 0 Å². The van der Waals surface area contributed by atoms with Crippen molar-refractivity contribution in [3.63, 3.8) is 0 Å². The van der Waals surface area contributed by atoms with Crippen LogP contribution in [0.3, 0.4) is 0 Å². The molecule has 0 fully saturated rings. The van der Waals surface area contributed by atoms with E-state index in [9.17, 15) is 0 Å². The topological polar surface area (TPSA) is 42.7 Å². The van der Waals surface area contributed by atoms with Crippen LogP contribution in [0.2, 0.25) is 0 Å². The van der Waals surface area contributed by atoms with Crippen molar-refractivity contribution in [2.45, 2.75) is 33.2 Å². The summed E-state index contributed by atoms with van der Waals surface area (Å²) in [5.41, 5.74) is 3.13. The third-order valence-corrected chi connectivity index (χ3v) is 5.26. The fourth-order valence-corrected chi connectivity index (χ4v) is 4.11. The van der Waals surface area contributed by atoms with Crippen LogP contribution >= 0.6 is 27.3 Å². The standard InChI is InChI=1S/C16H19BrN4S/c1-9-6-12(21(5)20-9)13-8-11-15(22-13)10(17)7-14(18-11)19-16(2,3)4/h6-8H,1-5H3,(H,18,19). The van der Waals surface area contributed by atoms with E-state index in [2.05, 4.69) is 59.2 Å². The van der Waals surface area contributed by atoms with Crippen molar-refractivity contribution in [3.05, 3.63) is 28.4 Å². The first-order valence-corrected chi connectivity index (χ1v) is 8.73. The molecule has 0 radical (unpaired) electrons. The van der Waals surface area contributed by atoms with Gasteiger partial charge in [-0.25, -0.2) is 4.98 Å². The van der Waals surface area contributed by atoms with E-state index in [-0.39, 0.29) is 5.54 Å². The normalized spacial score (nSPS) is 12.1. The molecule has 3 heterocycles. The molecule has 0 aliphatic heterocycles. The smallest absolute Gasteiger partial charge is 0.128 e. The summed E-state index contributed by atoms with van der Waals surface area (Å²) in [6.07, 6.45) is 0. The lowest BCUT2D eigenvalue weighted by Crippen LogP contribution is -2.26. The number of thiophene rings is 1. The van der Waals surface area contributed by atoms with E-state index < -0.39 is 0 Å². The molecule has 4 nitrogen and oxygen atoms in total. The first-order chi connectivity index (χ1) is 10.2. The van der Waals surface area contributed by atoms with Crippen molar-refractivity contribution >= 4 is 43.3 Å². The van der Waals surface area contributed by atoms with Gasteiger partial charge in [-0.2, -0.15) is 5.10 Å². The number of rotatable bonds is 2. The average molecular weight is 379 g/mol. The van der Waals surface area contributed by atoms with Crippen LogP contribution in [0.4, 0.5) is 5.82 Å². The minimum absolute atomic E-state index is 0.0158. The Morgan fingerprint density at radius 3 is 2.55 bits per heavy atom. The number of pyridine rings is 1. The summed E-state index contributed by atoms with van der Waals surface area (Å²) in [7, 11) is 1.97. The van der Waals surface area contributed by atoms with Gasteiger partial charge in [0.15, 0.2) is 0 Å². The van der Waals surface area contributed by atoms with Crippen LogP contribution < -0.4 is 5.32 Å². The van der Waals surface area contributed by atoms with Gasteiger partial charge in [0, 0.05) is 17.1 Å². The predicted octanol–water partition coefficient (Wildman–Crippen LogP) is 4.98. The lowest BCUT2D eigenvalue weighted by molar-refractivity contribution is 0.631. The molecule has 1 N–H and O–H groups in total. The van der Waals surface area contributed by atoms with Gasteiger partial charge in [-0.15, -0.1) is 11.3 Å². The van der Waals surface area contributed by atoms with Crippen molar-refractivity contribution in [2.24, 2.45) is 7.05 Å². The van der Waals surface area contributed by atoms with Crippen molar-refractivity contribution in [3.8, 4) is 10.6 Å². The Morgan fingerprint density at radius 1 is 1.23 bits per heavy atom. The SMILES string of the molecule is Cc1cc(-c2cc3nc(NC(C)(C)C)cc(Br)c3s2)n(C)n1. The number of nitrogens with zero attached hydrogens (tertiary/aromatic N) is 3. The van der Waals surface area contributed by atoms with Crippen LogP contribution in [-0.4, -0.2) is 20.3 Å². The second-order valence-electron chi connectivity index (χ2n) is 6.48. The molecule has 6 heteroatoms. The molecule has 22 heavy (non-hydrogen) atoms. The van der Waals surface area contributed by atoms with E-state index >= 15 is 0 Å². The minimum Gasteiger partial charge on any atom is -0.365 e. The zero-order chi connectivity index (χ0) is 16.1. The van der Waals surface area contributed by atoms with Gasteiger partial charge in [0.05, 0.1) is 26.5 Å². The van der Waals surface area contributed by atoms with Crippen LogP contribution in [0.25, 0.3) is 20.8 Å². The molecule has 116 valence electrons. The van der Waals surface area contributed by atoms with Gasteiger partial charge in [0.1, 0.15) is 5.82 Å². The van der Waals surface area contributed by atoms with Gasteiger partial charge in [-0.3, -0.25) is 4.68 Å². The summed E-state index contributed by atoms with van der Waals surface area (Å²) in [6.45, 7) is 8.40. The summed E-state index contributed by atoms with van der Waals surface area (Å²) in [6, 6.07) is 6.28. The highest BCUT2D eigenvalue weighted by atomic mass is 79.9. The van der Waals surface area contributed by atoms with Gasteiger partial charge >= 0.3 is 0 Å². The number of fused-ring (bicyclic) bond motifs is 1. The summed E-state index contributed by atoms with van der Waals surface area (Å²) in [5, 5.41) is 7.85. The van der Waals surface area contributed by atoms with E-state index in [0.717, 1.165) is 31.9 Å². The van der Waals surface area contributed by atoms with E-state index in [1.807, 2.05) is 24.7 Å². The first kappa shape index (κ1) is 15.5. The van der Waals surface area contributed by atoms with Crippen molar-refractivity contribution in [2.75, 3.05) is 5.32 Å². The second-order valence-corrected chi connectivity index (χ2v) is 8.39. The molecule has 3 aromatic heterocycles. The quantitative estimate of drug-likeness (QED) is 0.683. The van der Waals surface area contributed by atoms with E-state index in [4.69, 9.17) is 4.98 Å². The Morgan fingerprint density at radius 2 is 1.95 bits per heavy atom. The molecule has 0 spiro atoms. The molecule has 3 aromatic rings. The molecular formula is C16H19BrN4S. The summed E-state index contributed by atoms with van der Waals surface area (Å²) in [4.78, 5) is 5.92. The summed E-state index contributed by atoms with van der Waals surface area (Å²) < 4.78 is 4.15. The molecule has 0 aromatic carbocycles. The molecule has 0 saturated carbocycles. The van der Waals surface area contributed by atoms with Crippen molar-refractivity contribution in [1.29, 1.82) is 0 Å². The van der Waals surface area contributed by atoms with E-state index in [1.165, 1.54) is 4.88 Å². The van der Waals surface area contributed by atoms with Crippen LogP contribution in [0.1, 0.15) is 26.5 Å². The van der Waals surface area contributed by atoms with Crippen LogP contribution in [0.15, 0.2) is 22.7 Å². The molecule has 3 rings (SSSR count). The number of aryl methyl sites for hydroxylation is 2. The third-order valence-electron chi connectivity index (χ3n) is 3.19. The van der Waals surface area contributed by atoms with Crippen molar-refractivity contribution in [1.82, 2.24) is 14.8 Å². The average Bonchev–Trinajstić information content (AvgIpc) is 2.90. The van der Waals surface area contributed by atoms with Gasteiger partial charge in [-0.1, -0.05) is 0 Å². The molecule has 0 bridgehead atoms. The molecule has 0 saturated heterocycles. The highest BCUT2D eigenvalue weighted by Gasteiger charge is 2.15. The maximum absolute atomic E-state index is 4.74. The van der Waals surface area contributed by atoms with Crippen LogP contribution in [0.5, 0.6) is 0 Å². The highest BCUT2D eigenvalue weighted by molar-refractivity contribution is 9.10. The highest BCUT2D eigenvalue weighted by Crippen LogP contribution is 2.38. The lowest BCUT2D eigenvalue weighted by atomic mass is 10.1. The number of nitrogens with one attached hydrogen (secondary N) is 1. The number of aromatic nitrogens is 3. The summed E-state index contributed by atoms with van der Waals surface area (Å²) >= 11 is 5.41. The van der Waals surface area contributed by atoms with Gasteiger partial charge in [0.2, 0.25) is 0 Å². The fourth-order valence-electron chi connectivity index (χ4n) is 2.40. The third kappa shape index (κ3) is 3.03. The Balaban J connectivity index is 2.10. The predicted molar refractivity (Wildman–Crippen MR) is 97.6 cm³/mol. The molecular weight excluding hydrogens is 360 g/mol. The Bertz CT molecular complexity index is 842. The second kappa shape index (κ2) is 5.35. The Kier molecular flexibility index (Phi) is 3.77. The Hall–Kier alpha value is -1.40. The zero-order valence-corrected chi connectivity index (χ0v) is 15.8. The summed E-state index contributed by atoms with van der Waals surface area (Å²) in [5.74, 6) is 0.886. The fraction of sp³-hybridized carbons (Fsp3) is 0.375. The van der Waals surface area contributed by atoms with E-state index in [1.54, 1.807) is 11.3 Å². The maximum atomic E-state index is 4.74. The molecule has 0 unspecified atom stereocenters. The van der Waals surface area contributed by atoms with Crippen LogP contribution in [-0.2, 0) is 7.05 Å². The minimum atomic E-state index is -0.0158. The Labute approximate surface area is 142 Å². The van der Waals surface area contributed by atoms with Gasteiger partial charge in [-0.05, 0) is 61.8 Å². The van der Waals surface area contributed by atoms with Crippen LogP contribution in [0, 0.1) is 6.92 Å². The monoisotopic (exact) mass is 378 g/mol. The largest absolute Gasteiger partial charge is 0.365 e. The zero-order valence-electron chi connectivity index (χ0n) is 13.4. The first-order valence-electron chi connectivity index (χ1n) is 7.12. The van der Waals surface area contributed by atoms with E-state index in [0.29, 0.717) is 0 Å². The number of hydrogen-bond acceptors (Lipinski definition) is 4. The maximum Gasteiger partial charge on any atom is 0.128 e. The molecule has 0 amide bonds. The molecule has 0 aliphatic carbocycles. The number of hydrogen-bond donors (Lipinski definition) is 1.